The quantitative estimate of drug-likeness (QED) is 0.344. The Bertz CT molecular complexity index is 1690. The number of hydrogen-bond acceptors (Lipinski definition) is 7. The molecular weight excluding hydrogens is 600 g/mol. The fourth-order valence-electron chi connectivity index (χ4n) is 8.19. The third-order valence-corrected chi connectivity index (χ3v) is 11.7. The zero-order valence-electron chi connectivity index (χ0n) is 27.5. The molecule has 1 saturated carbocycles. The van der Waals surface area contributed by atoms with Crippen molar-refractivity contribution in [1.82, 2.24) is 14.9 Å². The fraction of sp³-hybridized carbons (Fsp3) is 0.528. The number of ether oxygens (including phenoxy) is 1. The molecule has 3 atom stereocenters. The maximum atomic E-state index is 13.8. The molecule has 1 aromatic heterocycles. The number of nitrogens with zero attached hydrogens (tertiary/aromatic N) is 3. The molecule has 2 aliphatic heterocycles. The molecule has 4 bridgehead atoms. The topological polar surface area (TPSA) is 122 Å². The van der Waals surface area contributed by atoms with Crippen LogP contribution in [0.2, 0.25) is 0 Å². The van der Waals surface area contributed by atoms with Crippen molar-refractivity contribution < 1.29 is 23.1 Å². The van der Waals surface area contributed by atoms with E-state index in [1.54, 1.807) is 11.0 Å². The van der Waals surface area contributed by atoms with Crippen LogP contribution in [0.25, 0.3) is 11.3 Å². The number of nitrogens with one attached hydrogen (secondary N) is 1. The number of rotatable bonds is 5. The van der Waals surface area contributed by atoms with Gasteiger partial charge in [0.1, 0.15) is 6.10 Å². The summed E-state index contributed by atoms with van der Waals surface area (Å²) >= 11 is 0. The molecule has 1 amide bonds. The number of amides is 1. The van der Waals surface area contributed by atoms with Crippen molar-refractivity contribution >= 4 is 21.9 Å². The Kier molecular flexibility index (Phi) is 8.89. The fourth-order valence-corrected chi connectivity index (χ4v) is 9.18. The van der Waals surface area contributed by atoms with Crippen LogP contribution in [0.4, 0.5) is 5.95 Å². The minimum Gasteiger partial charge on any atom is -0.477 e. The van der Waals surface area contributed by atoms with Crippen LogP contribution < -0.4 is 9.46 Å². The molecule has 1 saturated heterocycles. The highest BCUT2D eigenvalue weighted by Crippen LogP contribution is 2.59. The Balaban J connectivity index is 1.35. The van der Waals surface area contributed by atoms with E-state index in [-0.39, 0.29) is 34.0 Å². The molecule has 9 nitrogen and oxygen atoms in total. The number of piperidine rings is 1. The summed E-state index contributed by atoms with van der Waals surface area (Å²) in [5, 5.41) is 9.80. The van der Waals surface area contributed by atoms with Crippen molar-refractivity contribution in [3.63, 3.8) is 0 Å². The number of sulfonamides is 1. The molecule has 0 radical (unpaired) electrons. The number of anilines is 1. The summed E-state index contributed by atoms with van der Waals surface area (Å²) in [4.78, 5) is 23.6. The van der Waals surface area contributed by atoms with E-state index in [2.05, 4.69) is 34.6 Å². The highest BCUT2D eigenvalue weighted by atomic mass is 32.2. The standard InChI is InChI=1S/C36H46N4O5S/c1-22(2)16-27-21-45-31-18-30(32-23(3)8-6-9-24(32)4)37-35(38-31)39-46(43,44)29-11-7-10-26(17-29)33(27)28-19-36(20-28)12-14-40(15-13-36)34(42)25(5)41/h6-11,17-18,22,25,27-28,33,41H,12-16,19-21H2,1-5H3,(H,37,38,39)/t25-,27+,33?/m0/s1. The first kappa shape index (κ1) is 32.4. The van der Waals surface area contributed by atoms with Crippen molar-refractivity contribution in [1.29, 1.82) is 0 Å². The highest BCUT2D eigenvalue weighted by Gasteiger charge is 2.50. The van der Waals surface area contributed by atoms with Crippen molar-refractivity contribution in [2.24, 2.45) is 23.2 Å². The molecule has 3 aliphatic rings. The van der Waals surface area contributed by atoms with E-state index >= 15 is 0 Å². The van der Waals surface area contributed by atoms with E-state index in [4.69, 9.17) is 4.74 Å². The summed E-state index contributed by atoms with van der Waals surface area (Å²) in [6, 6.07) is 15.2. The van der Waals surface area contributed by atoms with Crippen LogP contribution >= 0.6 is 0 Å². The second-order valence-corrected chi connectivity index (χ2v) is 15.9. The summed E-state index contributed by atoms with van der Waals surface area (Å²) in [6.45, 7) is 11.8. The number of fused-ring (bicyclic) bond motifs is 4. The van der Waals surface area contributed by atoms with Crippen LogP contribution in [0.5, 0.6) is 5.88 Å². The number of likely N-dealkylation sites (tertiary alicyclic amines) is 1. The highest BCUT2D eigenvalue weighted by molar-refractivity contribution is 7.92. The molecule has 46 heavy (non-hydrogen) atoms. The first-order valence-electron chi connectivity index (χ1n) is 16.5. The number of carbonyl (C=O) groups excluding carboxylic acids is 1. The van der Waals surface area contributed by atoms with Crippen LogP contribution in [0.3, 0.4) is 0 Å². The second-order valence-electron chi connectivity index (χ2n) is 14.3. The van der Waals surface area contributed by atoms with Crippen LogP contribution in [-0.4, -0.2) is 60.1 Å². The van der Waals surface area contributed by atoms with Gasteiger partial charge in [-0.25, -0.2) is 18.1 Å². The molecular formula is C36H46N4O5S. The predicted molar refractivity (Wildman–Crippen MR) is 178 cm³/mol. The van der Waals surface area contributed by atoms with Crippen molar-refractivity contribution in [3.05, 3.63) is 65.2 Å². The second kappa shape index (κ2) is 12.6. The van der Waals surface area contributed by atoms with Crippen molar-refractivity contribution in [2.45, 2.75) is 83.6 Å². The number of hydrogen-bond donors (Lipinski definition) is 2. The van der Waals surface area contributed by atoms with Gasteiger partial charge in [-0.2, -0.15) is 4.98 Å². The van der Waals surface area contributed by atoms with Gasteiger partial charge in [0.05, 0.1) is 17.2 Å². The van der Waals surface area contributed by atoms with Crippen LogP contribution in [-0.2, 0) is 14.8 Å². The summed E-state index contributed by atoms with van der Waals surface area (Å²) in [5.41, 5.74) is 4.79. The molecule has 3 heterocycles. The van der Waals surface area contributed by atoms with Crippen molar-refractivity contribution in [3.8, 4) is 17.1 Å². The molecule has 3 aromatic rings. The summed E-state index contributed by atoms with van der Waals surface area (Å²) in [6.07, 6.45) is 3.82. The van der Waals surface area contributed by atoms with Crippen LogP contribution in [0.1, 0.15) is 75.5 Å². The van der Waals surface area contributed by atoms with Gasteiger partial charge in [-0.15, -0.1) is 0 Å². The lowest BCUT2D eigenvalue weighted by atomic mass is 9.52. The normalized spacial score (nSPS) is 23.0. The minimum absolute atomic E-state index is 0.0144. The summed E-state index contributed by atoms with van der Waals surface area (Å²) in [7, 11) is -3.98. The lowest BCUT2D eigenvalue weighted by molar-refractivity contribution is -0.144. The van der Waals surface area contributed by atoms with E-state index in [9.17, 15) is 18.3 Å². The van der Waals surface area contributed by atoms with Crippen LogP contribution in [0.15, 0.2) is 53.4 Å². The average molecular weight is 647 g/mol. The molecule has 1 unspecified atom stereocenters. The average Bonchev–Trinajstić information content (AvgIpc) is 2.98. The molecule has 2 N–H and O–H groups in total. The first-order valence-corrected chi connectivity index (χ1v) is 18.0. The lowest BCUT2D eigenvalue weighted by Gasteiger charge is -2.55. The number of aliphatic hydroxyl groups excluding tert-OH is 1. The number of aromatic nitrogens is 2. The maximum Gasteiger partial charge on any atom is 0.264 e. The summed E-state index contributed by atoms with van der Waals surface area (Å²) < 4.78 is 36.7. The Labute approximate surface area is 272 Å². The first-order chi connectivity index (χ1) is 21.8. The number of aliphatic hydroxyl groups is 1. The van der Waals surface area contributed by atoms with Crippen molar-refractivity contribution in [2.75, 3.05) is 24.4 Å². The molecule has 2 fully saturated rings. The monoisotopic (exact) mass is 646 g/mol. The van der Waals surface area contributed by atoms with Gasteiger partial charge in [-0.05, 0) is 105 Å². The smallest absolute Gasteiger partial charge is 0.264 e. The Morgan fingerprint density at radius 2 is 1.72 bits per heavy atom. The lowest BCUT2D eigenvalue weighted by Crippen LogP contribution is -2.52. The van der Waals surface area contributed by atoms with Gasteiger partial charge >= 0.3 is 0 Å². The molecule has 246 valence electrons. The molecule has 10 heteroatoms. The zero-order valence-corrected chi connectivity index (χ0v) is 28.3. The van der Waals surface area contributed by atoms with E-state index in [0.29, 0.717) is 43.1 Å². The molecule has 6 rings (SSSR count). The zero-order chi connectivity index (χ0) is 32.8. The minimum atomic E-state index is -3.98. The van der Waals surface area contributed by atoms with Gasteiger partial charge in [0.2, 0.25) is 11.8 Å². The number of benzene rings is 2. The maximum absolute atomic E-state index is 13.8. The Morgan fingerprint density at radius 1 is 1.04 bits per heavy atom. The molecule has 1 spiro atoms. The van der Waals surface area contributed by atoms with Crippen LogP contribution in [0, 0.1) is 37.0 Å². The third kappa shape index (κ3) is 6.51. The van der Waals surface area contributed by atoms with Gasteiger partial charge in [0.15, 0.2) is 0 Å². The van der Waals surface area contributed by atoms with Gasteiger partial charge in [0, 0.05) is 30.6 Å². The van der Waals surface area contributed by atoms with E-state index in [1.807, 2.05) is 50.2 Å². The Hall–Kier alpha value is -3.50. The number of carbonyl (C=O) groups is 1. The van der Waals surface area contributed by atoms with Gasteiger partial charge < -0.3 is 14.7 Å². The van der Waals surface area contributed by atoms with E-state index in [0.717, 1.165) is 54.4 Å². The van der Waals surface area contributed by atoms with Gasteiger partial charge in [-0.3, -0.25) is 4.79 Å². The Morgan fingerprint density at radius 3 is 2.37 bits per heavy atom. The molecule has 1 aliphatic carbocycles. The summed E-state index contributed by atoms with van der Waals surface area (Å²) in [5.74, 6) is 1.13. The SMILES string of the molecule is Cc1cccc(C)c1-c1cc2nc(n1)NS(=O)(=O)c1cccc(c1)C(C1CC3(CCN(C(=O)[C@H](C)O)CC3)C1)[C@H](CC(C)C)CO2. The third-order valence-electron chi connectivity index (χ3n) is 10.3. The largest absolute Gasteiger partial charge is 0.477 e. The molecule has 2 aromatic carbocycles. The van der Waals surface area contributed by atoms with E-state index < -0.39 is 16.1 Å². The van der Waals surface area contributed by atoms with E-state index in [1.165, 1.54) is 6.92 Å². The number of aryl methyl sites for hydroxylation is 2. The van der Waals surface area contributed by atoms with Gasteiger partial charge in [0.25, 0.3) is 15.9 Å². The predicted octanol–water partition coefficient (Wildman–Crippen LogP) is 6.10. The van der Waals surface area contributed by atoms with Gasteiger partial charge in [-0.1, -0.05) is 44.2 Å².